The van der Waals surface area contributed by atoms with E-state index >= 15 is 0 Å². The molecule has 2 rings (SSSR count). The van der Waals surface area contributed by atoms with Crippen molar-refractivity contribution >= 4 is 11.3 Å². The second-order valence-corrected chi connectivity index (χ2v) is 4.37. The summed E-state index contributed by atoms with van der Waals surface area (Å²) < 4.78 is 5.35. The monoisotopic (exact) mass is 227 g/mol. The van der Waals surface area contributed by atoms with Crippen LogP contribution in [0.15, 0.2) is 10.9 Å². The average molecular weight is 227 g/mol. The van der Waals surface area contributed by atoms with Crippen LogP contribution in [0.1, 0.15) is 18.2 Å². The Balaban J connectivity index is 2.04. The van der Waals surface area contributed by atoms with Gasteiger partial charge in [-0.05, 0) is 13.0 Å². The predicted molar refractivity (Wildman–Crippen MR) is 60.9 cm³/mol. The summed E-state index contributed by atoms with van der Waals surface area (Å²) in [5.74, 6) is 0. The predicted octanol–water partition coefficient (Wildman–Crippen LogP) is 0.865. The standard InChI is InChI=1S/C10H17N3OS/c11-2-1-10(9-7-15-8-12-9)13-3-5-14-6-4-13/h7-8,10H,1-6,11H2. The molecule has 1 unspecified atom stereocenters. The number of nitrogens with zero attached hydrogens (tertiary/aromatic N) is 2. The van der Waals surface area contributed by atoms with Crippen LogP contribution in [0.4, 0.5) is 0 Å². The van der Waals surface area contributed by atoms with Crippen LogP contribution < -0.4 is 5.73 Å². The zero-order valence-corrected chi connectivity index (χ0v) is 9.58. The Bertz CT molecular complexity index is 272. The molecule has 0 aliphatic carbocycles. The Morgan fingerprint density at radius 1 is 1.53 bits per heavy atom. The van der Waals surface area contributed by atoms with E-state index in [-0.39, 0.29) is 0 Å². The van der Waals surface area contributed by atoms with Crippen LogP contribution in [0.2, 0.25) is 0 Å². The number of morpholine rings is 1. The van der Waals surface area contributed by atoms with E-state index in [1.165, 1.54) is 0 Å². The summed E-state index contributed by atoms with van der Waals surface area (Å²) in [6.45, 7) is 4.33. The fourth-order valence-electron chi connectivity index (χ4n) is 1.95. The summed E-state index contributed by atoms with van der Waals surface area (Å²) in [5.41, 5.74) is 8.71. The van der Waals surface area contributed by atoms with Crippen molar-refractivity contribution in [1.29, 1.82) is 0 Å². The lowest BCUT2D eigenvalue weighted by molar-refractivity contribution is 0.0140. The lowest BCUT2D eigenvalue weighted by Gasteiger charge is -2.33. The van der Waals surface area contributed by atoms with Crippen molar-refractivity contribution in [2.45, 2.75) is 12.5 Å². The van der Waals surface area contributed by atoms with Crippen molar-refractivity contribution in [3.05, 3.63) is 16.6 Å². The number of hydrogen-bond acceptors (Lipinski definition) is 5. The zero-order valence-electron chi connectivity index (χ0n) is 8.76. The number of ether oxygens (including phenoxy) is 1. The van der Waals surface area contributed by atoms with Gasteiger partial charge in [-0.2, -0.15) is 0 Å². The SMILES string of the molecule is NCCC(c1cscn1)N1CCOCC1. The number of aromatic nitrogens is 1. The number of rotatable bonds is 4. The van der Waals surface area contributed by atoms with Crippen molar-refractivity contribution in [3.8, 4) is 0 Å². The minimum absolute atomic E-state index is 0.380. The second kappa shape index (κ2) is 5.55. The van der Waals surface area contributed by atoms with Crippen LogP contribution in [0.25, 0.3) is 0 Å². The molecule has 1 atom stereocenters. The zero-order chi connectivity index (χ0) is 10.5. The van der Waals surface area contributed by atoms with Crippen LogP contribution in [-0.2, 0) is 4.74 Å². The molecule has 1 aliphatic heterocycles. The molecule has 0 amide bonds. The molecule has 1 fully saturated rings. The summed E-state index contributed by atoms with van der Waals surface area (Å²) in [6, 6.07) is 0.380. The molecular formula is C10H17N3OS. The fraction of sp³-hybridized carbons (Fsp3) is 0.700. The summed E-state index contributed by atoms with van der Waals surface area (Å²) in [6.07, 6.45) is 0.976. The van der Waals surface area contributed by atoms with E-state index in [0.29, 0.717) is 12.6 Å². The first-order valence-corrected chi connectivity index (χ1v) is 6.26. The Kier molecular flexibility index (Phi) is 4.08. The molecule has 0 saturated carbocycles. The third kappa shape index (κ3) is 2.75. The molecule has 84 valence electrons. The smallest absolute Gasteiger partial charge is 0.0795 e. The number of hydrogen-bond donors (Lipinski definition) is 1. The van der Waals surface area contributed by atoms with Crippen molar-refractivity contribution in [3.63, 3.8) is 0 Å². The van der Waals surface area contributed by atoms with Gasteiger partial charge in [0.05, 0.1) is 30.5 Å². The molecule has 1 saturated heterocycles. The molecule has 5 heteroatoms. The number of thiazole rings is 1. The maximum Gasteiger partial charge on any atom is 0.0795 e. The van der Waals surface area contributed by atoms with Gasteiger partial charge in [-0.15, -0.1) is 11.3 Å². The highest BCUT2D eigenvalue weighted by Crippen LogP contribution is 2.24. The minimum atomic E-state index is 0.380. The van der Waals surface area contributed by atoms with Gasteiger partial charge in [-0.3, -0.25) is 4.90 Å². The van der Waals surface area contributed by atoms with Crippen molar-refractivity contribution in [1.82, 2.24) is 9.88 Å². The molecule has 0 bridgehead atoms. The molecule has 15 heavy (non-hydrogen) atoms. The van der Waals surface area contributed by atoms with Gasteiger partial charge in [0.25, 0.3) is 0 Å². The molecule has 0 radical (unpaired) electrons. The first-order valence-electron chi connectivity index (χ1n) is 5.32. The largest absolute Gasteiger partial charge is 0.379 e. The van der Waals surface area contributed by atoms with E-state index < -0.39 is 0 Å². The van der Waals surface area contributed by atoms with Gasteiger partial charge in [-0.25, -0.2) is 4.98 Å². The third-order valence-corrected chi connectivity index (χ3v) is 3.32. The molecular weight excluding hydrogens is 210 g/mol. The maximum absolute atomic E-state index is 5.66. The van der Waals surface area contributed by atoms with E-state index in [9.17, 15) is 0 Å². The van der Waals surface area contributed by atoms with Gasteiger partial charge in [0.2, 0.25) is 0 Å². The highest BCUT2D eigenvalue weighted by atomic mass is 32.1. The van der Waals surface area contributed by atoms with Crippen molar-refractivity contribution in [2.75, 3.05) is 32.8 Å². The molecule has 2 heterocycles. The van der Waals surface area contributed by atoms with Gasteiger partial charge in [0.15, 0.2) is 0 Å². The van der Waals surface area contributed by atoms with Crippen LogP contribution in [0, 0.1) is 0 Å². The van der Waals surface area contributed by atoms with Crippen LogP contribution >= 0.6 is 11.3 Å². The quantitative estimate of drug-likeness (QED) is 0.829. The van der Waals surface area contributed by atoms with E-state index in [4.69, 9.17) is 10.5 Å². The Labute approximate surface area is 94.1 Å². The van der Waals surface area contributed by atoms with Gasteiger partial charge < -0.3 is 10.5 Å². The highest BCUT2D eigenvalue weighted by Gasteiger charge is 2.22. The van der Waals surface area contributed by atoms with Crippen LogP contribution in [0.3, 0.4) is 0 Å². The first kappa shape index (κ1) is 11.0. The normalized spacial score (nSPS) is 20.3. The van der Waals surface area contributed by atoms with Gasteiger partial charge in [0, 0.05) is 18.5 Å². The van der Waals surface area contributed by atoms with Crippen molar-refractivity contribution < 1.29 is 4.74 Å². The van der Waals surface area contributed by atoms with Crippen LogP contribution in [-0.4, -0.2) is 42.7 Å². The summed E-state index contributed by atoms with van der Waals surface area (Å²) >= 11 is 1.65. The van der Waals surface area contributed by atoms with E-state index in [0.717, 1.165) is 38.4 Å². The molecule has 2 N–H and O–H groups in total. The average Bonchev–Trinajstić information content (AvgIpc) is 2.80. The molecule has 1 aromatic heterocycles. The second-order valence-electron chi connectivity index (χ2n) is 3.65. The fourth-order valence-corrected chi connectivity index (χ4v) is 2.55. The molecule has 1 aromatic rings. The first-order chi connectivity index (χ1) is 7.42. The Hall–Kier alpha value is -0.490. The molecule has 4 nitrogen and oxygen atoms in total. The maximum atomic E-state index is 5.66. The lowest BCUT2D eigenvalue weighted by atomic mass is 10.1. The van der Waals surface area contributed by atoms with E-state index in [2.05, 4.69) is 15.3 Å². The topological polar surface area (TPSA) is 51.4 Å². The Morgan fingerprint density at radius 3 is 2.93 bits per heavy atom. The molecule has 1 aliphatic rings. The van der Waals surface area contributed by atoms with E-state index in [1.54, 1.807) is 11.3 Å². The summed E-state index contributed by atoms with van der Waals surface area (Å²) in [5, 5.41) is 2.12. The van der Waals surface area contributed by atoms with Gasteiger partial charge in [0.1, 0.15) is 0 Å². The molecule has 0 spiro atoms. The van der Waals surface area contributed by atoms with Crippen LogP contribution in [0.5, 0.6) is 0 Å². The lowest BCUT2D eigenvalue weighted by Crippen LogP contribution is -2.39. The minimum Gasteiger partial charge on any atom is -0.379 e. The van der Waals surface area contributed by atoms with E-state index in [1.807, 2.05) is 5.51 Å². The molecule has 0 aromatic carbocycles. The third-order valence-electron chi connectivity index (χ3n) is 2.72. The highest BCUT2D eigenvalue weighted by molar-refractivity contribution is 7.07. The number of nitrogens with two attached hydrogens (primary N) is 1. The van der Waals surface area contributed by atoms with Gasteiger partial charge in [-0.1, -0.05) is 0 Å². The summed E-state index contributed by atoms with van der Waals surface area (Å²) in [4.78, 5) is 6.81. The Morgan fingerprint density at radius 2 is 2.33 bits per heavy atom. The van der Waals surface area contributed by atoms with Crippen molar-refractivity contribution in [2.24, 2.45) is 5.73 Å². The van der Waals surface area contributed by atoms with Gasteiger partial charge >= 0.3 is 0 Å². The summed E-state index contributed by atoms with van der Waals surface area (Å²) in [7, 11) is 0.